The second-order valence-electron chi connectivity index (χ2n) is 5.71. The topological polar surface area (TPSA) is 92.3 Å². The van der Waals surface area contributed by atoms with E-state index in [9.17, 15) is 9.59 Å². The van der Waals surface area contributed by atoms with Gasteiger partial charge in [-0.05, 0) is 36.1 Å². The average molecular weight is 352 g/mol. The van der Waals surface area contributed by atoms with Crippen molar-refractivity contribution in [1.29, 1.82) is 5.26 Å². The summed E-state index contributed by atoms with van der Waals surface area (Å²) in [6.45, 7) is 3.66. The van der Waals surface area contributed by atoms with Gasteiger partial charge in [0.05, 0.1) is 6.26 Å². The van der Waals surface area contributed by atoms with Crippen molar-refractivity contribution in [3.8, 4) is 6.07 Å². The van der Waals surface area contributed by atoms with Gasteiger partial charge in [0.25, 0.3) is 5.91 Å². The molecular weight excluding hydrogens is 332 g/mol. The Labute approximate surface area is 152 Å². The highest BCUT2D eigenvalue weighted by molar-refractivity contribution is 6.00. The maximum absolute atomic E-state index is 12.1. The highest BCUT2D eigenvalue weighted by atomic mass is 16.5. The Bertz CT molecular complexity index is 832. The molecular formula is C20H20N2O4. The lowest BCUT2D eigenvalue weighted by atomic mass is 9.97. The molecule has 1 N–H and O–H groups in total. The summed E-state index contributed by atoms with van der Waals surface area (Å²) in [6.07, 6.45) is 3.62. The first kappa shape index (κ1) is 19.0. The number of hydrogen-bond acceptors (Lipinski definition) is 5. The highest BCUT2D eigenvalue weighted by Gasteiger charge is 2.15. The number of carbonyl (C=O) groups is 2. The minimum Gasteiger partial charge on any atom is -0.465 e. The van der Waals surface area contributed by atoms with Gasteiger partial charge in [-0.25, -0.2) is 4.79 Å². The lowest BCUT2D eigenvalue weighted by Crippen LogP contribution is -2.22. The highest BCUT2D eigenvalue weighted by Crippen LogP contribution is 2.26. The zero-order chi connectivity index (χ0) is 18.9. The molecule has 0 aliphatic heterocycles. The first-order valence-corrected chi connectivity index (χ1v) is 8.26. The summed E-state index contributed by atoms with van der Waals surface area (Å²) in [5.41, 5.74) is 1.47. The molecule has 2 rings (SSSR count). The molecule has 2 aromatic rings. The number of anilines is 1. The van der Waals surface area contributed by atoms with Gasteiger partial charge in [-0.2, -0.15) is 5.26 Å². The number of furan rings is 1. The van der Waals surface area contributed by atoms with Crippen molar-refractivity contribution < 1.29 is 18.7 Å². The summed E-state index contributed by atoms with van der Waals surface area (Å²) in [5.74, 6) is -0.709. The summed E-state index contributed by atoms with van der Waals surface area (Å²) in [6, 6.07) is 12.5. The molecule has 0 spiro atoms. The zero-order valence-corrected chi connectivity index (χ0v) is 14.7. The standard InChI is InChI=1S/C20H20N2O4/c1-3-14(2)17-8-4-5-9-18(17)22-19(23)13-26-20(24)15(12-21)11-16-7-6-10-25-16/h4-11,14H,3,13H2,1-2H3,(H,22,23)/b15-11+/t14-/m0/s1. The van der Waals surface area contributed by atoms with Crippen LogP contribution in [-0.4, -0.2) is 18.5 Å². The van der Waals surface area contributed by atoms with E-state index in [0.29, 0.717) is 11.4 Å². The average Bonchev–Trinajstić information content (AvgIpc) is 3.17. The molecule has 26 heavy (non-hydrogen) atoms. The fourth-order valence-corrected chi connectivity index (χ4v) is 2.31. The maximum atomic E-state index is 12.1. The Morgan fingerprint density at radius 2 is 2.08 bits per heavy atom. The second kappa shape index (κ2) is 9.23. The van der Waals surface area contributed by atoms with Crippen molar-refractivity contribution in [3.05, 3.63) is 59.6 Å². The lowest BCUT2D eigenvalue weighted by Gasteiger charge is -2.15. The van der Waals surface area contributed by atoms with Crippen LogP contribution < -0.4 is 5.32 Å². The van der Waals surface area contributed by atoms with Crippen molar-refractivity contribution in [3.63, 3.8) is 0 Å². The maximum Gasteiger partial charge on any atom is 0.349 e. The van der Waals surface area contributed by atoms with Crippen LogP contribution in [0.1, 0.15) is 37.5 Å². The van der Waals surface area contributed by atoms with Gasteiger partial charge in [0.2, 0.25) is 0 Å². The largest absolute Gasteiger partial charge is 0.465 e. The van der Waals surface area contributed by atoms with Gasteiger partial charge in [-0.3, -0.25) is 4.79 Å². The minimum atomic E-state index is -0.880. The number of nitrogens with zero attached hydrogens (tertiary/aromatic N) is 1. The van der Waals surface area contributed by atoms with Gasteiger partial charge in [-0.1, -0.05) is 32.0 Å². The van der Waals surface area contributed by atoms with Crippen LogP contribution in [0.25, 0.3) is 6.08 Å². The Hall–Kier alpha value is -3.33. The summed E-state index contributed by atoms with van der Waals surface area (Å²) >= 11 is 0. The van der Waals surface area contributed by atoms with E-state index in [4.69, 9.17) is 14.4 Å². The van der Waals surface area contributed by atoms with E-state index in [1.54, 1.807) is 24.3 Å². The molecule has 1 heterocycles. The molecule has 0 unspecified atom stereocenters. The number of nitriles is 1. The second-order valence-corrected chi connectivity index (χ2v) is 5.71. The predicted molar refractivity (Wildman–Crippen MR) is 97.0 cm³/mol. The monoisotopic (exact) mass is 352 g/mol. The quantitative estimate of drug-likeness (QED) is 0.464. The van der Waals surface area contributed by atoms with E-state index in [1.807, 2.05) is 18.2 Å². The van der Waals surface area contributed by atoms with Crippen LogP contribution in [0.5, 0.6) is 0 Å². The molecule has 0 bridgehead atoms. The van der Waals surface area contributed by atoms with Crippen LogP contribution >= 0.6 is 0 Å². The number of esters is 1. The molecule has 0 aliphatic carbocycles. The smallest absolute Gasteiger partial charge is 0.349 e. The Morgan fingerprint density at radius 3 is 2.73 bits per heavy atom. The van der Waals surface area contributed by atoms with Crippen molar-refractivity contribution in [1.82, 2.24) is 0 Å². The fourth-order valence-electron chi connectivity index (χ4n) is 2.31. The Morgan fingerprint density at radius 1 is 1.31 bits per heavy atom. The molecule has 6 heteroatoms. The number of nitrogens with one attached hydrogen (secondary N) is 1. The molecule has 0 aliphatic rings. The number of para-hydroxylation sites is 1. The van der Waals surface area contributed by atoms with Gasteiger partial charge in [0.15, 0.2) is 6.61 Å². The van der Waals surface area contributed by atoms with E-state index >= 15 is 0 Å². The number of rotatable bonds is 7. The van der Waals surface area contributed by atoms with Crippen LogP contribution in [0.4, 0.5) is 5.69 Å². The van der Waals surface area contributed by atoms with Crippen molar-refractivity contribution in [2.45, 2.75) is 26.2 Å². The number of carbonyl (C=O) groups excluding carboxylic acids is 2. The molecule has 134 valence electrons. The third kappa shape index (κ3) is 5.08. The third-order valence-corrected chi connectivity index (χ3v) is 3.88. The molecule has 0 saturated carbocycles. The van der Waals surface area contributed by atoms with Gasteiger partial charge in [-0.15, -0.1) is 0 Å². The van der Waals surface area contributed by atoms with E-state index in [0.717, 1.165) is 12.0 Å². The van der Waals surface area contributed by atoms with Crippen molar-refractivity contribution in [2.24, 2.45) is 0 Å². The van der Waals surface area contributed by atoms with Crippen molar-refractivity contribution in [2.75, 3.05) is 11.9 Å². The van der Waals surface area contributed by atoms with Crippen molar-refractivity contribution >= 4 is 23.6 Å². The van der Waals surface area contributed by atoms with Crippen LogP contribution in [-0.2, 0) is 14.3 Å². The van der Waals surface area contributed by atoms with Gasteiger partial charge in [0.1, 0.15) is 17.4 Å². The fraction of sp³-hybridized carbons (Fsp3) is 0.250. The third-order valence-electron chi connectivity index (χ3n) is 3.88. The summed E-state index contributed by atoms with van der Waals surface area (Å²) < 4.78 is 9.97. The molecule has 1 aromatic heterocycles. The first-order chi connectivity index (χ1) is 12.5. The van der Waals surface area contributed by atoms with E-state index < -0.39 is 18.5 Å². The molecule has 0 saturated heterocycles. The van der Waals surface area contributed by atoms with E-state index in [1.165, 1.54) is 12.3 Å². The van der Waals surface area contributed by atoms with Gasteiger partial charge >= 0.3 is 5.97 Å². The van der Waals surface area contributed by atoms with Gasteiger partial charge in [0, 0.05) is 11.8 Å². The predicted octanol–water partition coefficient (Wildman–Crippen LogP) is 3.88. The number of benzene rings is 1. The summed E-state index contributed by atoms with van der Waals surface area (Å²) in [7, 11) is 0. The molecule has 6 nitrogen and oxygen atoms in total. The Kier molecular flexibility index (Phi) is 6.75. The van der Waals surface area contributed by atoms with Crippen LogP contribution in [0.2, 0.25) is 0 Å². The normalized spacial score (nSPS) is 12.1. The van der Waals surface area contributed by atoms with Crippen LogP contribution in [0.3, 0.4) is 0 Å². The van der Waals surface area contributed by atoms with Crippen LogP contribution in [0.15, 0.2) is 52.7 Å². The van der Waals surface area contributed by atoms with E-state index in [2.05, 4.69) is 19.2 Å². The Balaban J connectivity index is 1.97. The number of amides is 1. The molecule has 1 amide bonds. The van der Waals surface area contributed by atoms with E-state index in [-0.39, 0.29) is 11.5 Å². The zero-order valence-electron chi connectivity index (χ0n) is 14.7. The summed E-state index contributed by atoms with van der Waals surface area (Å²) in [5, 5.41) is 11.8. The minimum absolute atomic E-state index is 0.243. The van der Waals surface area contributed by atoms with Gasteiger partial charge < -0.3 is 14.5 Å². The molecule has 1 aromatic carbocycles. The molecule has 1 atom stereocenters. The lowest BCUT2D eigenvalue weighted by molar-refractivity contribution is -0.142. The first-order valence-electron chi connectivity index (χ1n) is 8.26. The SMILES string of the molecule is CC[C@H](C)c1ccccc1NC(=O)COC(=O)/C(C#N)=C/c1ccco1. The number of hydrogen-bond donors (Lipinski definition) is 1. The summed E-state index contributed by atoms with van der Waals surface area (Å²) in [4.78, 5) is 24.0. The molecule has 0 fully saturated rings. The van der Waals surface area contributed by atoms with Crippen LogP contribution in [0, 0.1) is 11.3 Å². The molecule has 0 radical (unpaired) electrons. The number of ether oxygens (including phenoxy) is 1.